The fraction of sp³-hybridized carbons (Fsp3) is 0.143. The second-order valence-electron chi connectivity index (χ2n) is 2.05. The molecule has 0 radical (unpaired) electrons. The van der Waals surface area contributed by atoms with Crippen LogP contribution in [-0.2, 0) is 0 Å². The largest absolute Gasteiger partial charge is 0.298 e. The minimum absolute atomic E-state index is 0.0619. The second-order valence-corrected chi connectivity index (χ2v) is 2.80. The smallest absolute Gasteiger partial charge is 0.153 e. The topological polar surface area (TPSA) is 30.0 Å². The number of pyridine rings is 1. The van der Waals surface area contributed by atoms with Crippen LogP contribution in [-0.4, -0.2) is 11.3 Å². The Kier molecular flexibility index (Phi) is 2.34. The van der Waals surface area contributed by atoms with Gasteiger partial charge in [-0.25, -0.2) is 9.37 Å². The number of aldehydes is 1. The van der Waals surface area contributed by atoms with Crippen molar-refractivity contribution in [3.63, 3.8) is 0 Å². The summed E-state index contributed by atoms with van der Waals surface area (Å²) in [5, 5.41) is 0. The number of hydrogen-bond donors (Lipinski definition) is 0. The molecule has 4 heteroatoms. The number of rotatable bonds is 1. The van der Waals surface area contributed by atoms with Crippen LogP contribution in [0.15, 0.2) is 10.8 Å². The van der Waals surface area contributed by atoms with Gasteiger partial charge in [0, 0.05) is 0 Å². The fourth-order valence-corrected chi connectivity index (χ4v) is 1.03. The molecule has 0 amide bonds. The molecule has 58 valence electrons. The van der Waals surface area contributed by atoms with Gasteiger partial charge in [-0.1, -0.05) is 0 Å². The quantitative estimate of drug-likeness (QED) is 0.533. The molecule has 1 rings (SSSR count). The van der Waals surface area contributed by atoms with Crippen LogP contribution in [0.25, 0.3) is 0 Å². The van der Waals surface area contributed by atoms with E-state index < -0.39 is 5.82 Å². The van der Waals surface area contributed by atoms with E-state index in [1.54, 1.807) is 6.92 Å². The number of hydrogen-bond acceptors (Lipinski definition) is 2. The minimum atomic E-state index is -0.583. The van der Waals surface area contributed by atoms with Crippen molar-refractivity contribution in [2.75, 3.05) is 0 Å². The molecule has 0 spiro atoms. The monoisotopic (exact) mass is 217 g/mol. The Morgan fingerprint density at radius 2 is 2.36 bits per heavy atom. The summed E-state index contributed by atoms with van der Waals surface area (Å²) in [6.07, 6.45) is 1.50. The lowest BCUT2D eigenvalue weighted by molar-refractivity contribution is 0.111. The highest BCUT2D eigenvalue weighted by Gasteiger charge is 2.07. The van der Waals surface area contributed by atoms with Crippen LogP contribution in [0.5, 0.6) is 0 Å². The highest BCUT2D eigenvalue weighted by molar-refractivity contribution is 9.10. The fourth-order valence-electron chi connectivity index (χ4n) is 0.715. The zero-order valence-corrected chi connectivity index (χ0v) is 7.35. The third kappa shape index (κ3) is 1.45. The van der Waals surface area contributed by atoms with E-state index >= 15 is 0 Å². The van der Waals surface area contributed by atoms with Crippen molar-refractivity contribution in [2.45, 2.75) is 6.92 Å². The Morgan fingerprint density at radius 3 is 2.82 bits per heavy atom. The Morgan fingerprint density at radius 1 is 1.73 bits per heavy atom. The van der Waals surface area contributed by atoms with Gasteiger partial charge in [-0.05, 0) is 28.4 Å². The number of nitrogens with zero attached hydrogens (tertiary/aromatic N) is 1. The SMILES string of the molecule is Cc1c(Br)ncc(F)c1C=O. The van der Waals surface area contributed by atoms with Crippen molar-refractivity contribution in [2.24, 2.45) is 0 Å². The molecule has 2 nitrogen and oxygen atoms in total. The maximum Gasteiger partial charge on any atom is 0.153 e. The summed E-state index contributed by atoms with van der Waals surface area (Å²) in [7, 11) is 0. The Labute approximate surface area is 71.6 Å². The van der Waals surface area contributed by atoms with Crippen LogP contribution in [0.4, 0.5) is 4.39 Å². The van der Waals surface area contributed by atoms with E-state index in [-0.39, 0.29) is 5.56 Å². The zero-order chi connectivity index (χ0) is 8.43. The van der Waals surface area contributed by atoms with E-state index in [0.29, 0.717) is 16.5 Å². The summed E-state index contributed by atoms with van der Waals surface area (Å²) >= 11 is 3.08. The molecule has 11 heavy (non-hydrogen) atoms. The van der Waals surface area contributed by atoms with Crippen molar-refractivity contribution >= 4 is 22.2 Å². The summed E-state index contributed by atoms with van der Waals surface area (Å²) in [6, 6.07) is 0. The van der Waals surface area contributed by atoms with Gasteiger partial charge in [0.15, 0.2) is 12.1 Å². The zero-order valence-electron chi connectivity index (χ0n) is 5.77. The molecule has 0 aliphatic heterocycles. The Hall–Kier alpha value is -0.770. The van der Waals surface area contributed by atoms with E-state index in [1.807, 2.05) is 0 Å². The average molecular weight is 218 g/mol. The highest BCUT2D eigenvalue weighted by atomic mass is 79.9. The van der Waals surface area contributed by atoms with Crippen molar-refractivity contribution in [3.05, 3.63) is 27.7 Å². The molecule has 0 atom stereocenters. The van der Waals surface area contributed by atoms with E-state index in [1.165, 1.54) is 0 Å². The van der Waals surface area contributed by atoms with Crippen molar-refractivity contribution in [1.29, 1.82) is 0 Å². The summed E-state index contributed by atoms with van der Waals surface area (Å²) in [5.74, 6) is -0.583. The molecule has 1 aromatic rings. The first-order chi connectivity index (χ1) is 5.16. The third-order valence-corrected chi connectivity index (χ3v) is 2.18. The summed E-state index contributed by atoms with van der Waals surface area (Å²) in [6.45, 7) is 1.63. The van der Waals surface area contributed by atoms with Gasteiger partial charge in [-0.3, -0.25) is 4.79 Å². The molecule has 1 aromatic heterocycles. The van der Waals surface area contributed by atoms with Gasteiger partial charge in [-0.15, -0.1) is 0 Å². The first-order valence-corrected chi connectivity index (χ1v) is 3.72. The maximum absolute atomic E-state index is 12.7. The highest BCUT2D eigenvalue weighted by Crippen LogP contribution is 2.17. The molecule has 1 heterocycles. The van der Waals surface area contributed by atoms with E-state index in [2.05, 4.69) is 20.9 Å². The summed E-state index contributed by atoms with van der Waals surface area (Å²) in [4.78, 5) is 14.0. The van der Waals surface area contributed by atoms with Crippen LogP contribution in [0.3, 0.4) is 0 Å². The normalized spacial score (nSPS) is 9.73. The molecule has 0 aromatic carbocycles. The van der Waals surface area contributed by atoms with Crippen LogP contribution < -0.4 is 0 Å². The van der Waals surface area contributed by atoms with Crippen LogP contribution in [0.1, 0.15) is 15.9 Å². The first kappa shape index (κ1) is 8.33. The van der Waals surface area contributed by atoms with Gasteiger partial charge < -0.3 is 0 Å². The van der Waals surface area contributed by atoms with E-state index in [4.69, 9.17) is 0 Å². The lowest BCUT2D eigenvalue weighted by Gasteiger charge is -2.00. The van der Waals surface area contributed by atoms with Crippen LogP contribution in [0, 0.1) is 12.7 Å². The summed E-state index contributed by atoms with van der Waals surface area (Å²) in [5.41, 5.74) is 0.590. The molecular weight excluding hydrogens is 213 g/mol. The van der Waals surface area contributed by atoms with Crippen molar-refractivity contribution in [1.82, 2.24) is 4.98 Å². The van der Waals surface area contributed by atoms with E-state index in [9.17, 15) is 9.18 Å². The molecule has 0 saturated heterocycles. The second kappa shape index (κ2) is 3.09. The molecule has 0 unspecified atom stereocenters. The third-order valence-electron chi connectivity index (χ3n) is 1.38. The Bertz CT molecular complexity index is 301. The number of carbonyl (C=O) groups is 1. The average Bonchev–Trinajstić information content (AvgIpc) is 1.99. The lowest BCUT2D eigenvalue weighted by Crippen LogP contribution is -1.95. The number of carbonyl (C=O) groups excluding carboxylic acids is 1. The molecule has 0 fully saturated rings. The lowest BCUT2D eigenvalue weighted by atomic mass is 10.2. The maximum atomic E-state index is 12.7. The number of aromatic nitrogens is 1. The van der Waals surface area contributed by atoms with Gasteiger partial charge >= 0.3 is 0 Å². The van der Waals surface area contributed by atoms with Gasteiger partial charge in [0.1, 0.15) is 4.60 Å². The van der Waals surface area contributed by atoms with Gasteiger partial charge in [0.05, 0.1) is 11.8 Å². The molecule has 0 N–H and O–H groups in total. The first-order valence-electron chi connectivity index (χ1n) is 2.92. The van der Waals surface area contributed by atoms with Crippen LogP contribution >= 0.6 is 15.9 Å². The standard InChI is InChI=1S/C7H5BrFNO/c1-4-5(3-11)6(9)2-10-7(4)8/h2-3H,1H3. The molecular formula is C7H5BrFNO. The van der Waals surface area contributed by atoms with E-state index in [0.717, 1.165) is 6.20 Å². The molecule has 0 aliphatic rings. The summed E-state index contributed by atoms with van der Waals surface area (Å²) < 4.78 is 13.2. The van der Waals surface area contributed by atoms with Crippen molar-refractivity contribution in [3.8, 4) is 0 Å². The molecule has 0 saturated carbocycles. The van der Waals surface area contributed by atoms with Gasteiger partial charge in [0.2, 0.25) is 0 Å². The predicted molar refractivity (Wildman–Crippen MR) is 42.0 cm³/mol. The minimum Gasteiger partial charge on any atom is -0.298 e. The Balaban J connectivity index is 3.40. The van der Waals surface area contributed by atoms with Gasteiger partial charge in [0.25, 0.3) is 0 Å². The van der Waals surface area contributed by atoms with Crippen LogP contribution in [0.2, 0.25) is 0 Å². The van der Waals surface area contributed by atoms with Crippen molar-refractivity contribution < 1.29 is 9.18 Å². The van der Waals surface area contributed by atoms with Gasteiger partial charge in [-0.2, -0.15) is 0 Å². The molecule has 0 aliphatic carbocycles. The predicted octanol–water partition coefficient (Wildman–Crippen LogP) is 2.10. The number of halogens is 2. The molecule has 0 bridgehead atoms.